The predicted octanol–water partition coefficient (Wildman–Crippen LogP) is 25.9. The van der Waals surface area contributed by atoms with Crippen LogP contribution in [0.5, 0.6) is 40.2 Å². The zero-order chi connectivity index (χ0) is 94.5. The Morgan fingerprint density at radius 3 is 1.21 bits per heavy atom. The van der Waals surface area contributed by atoms with E-state index < -0.39 is 29.3 Å². The van der Waals surface area contributed by atoms with Gasteiger partial charge in [0.25, 0.3) is 0 Å². The molecule has 10 aromatic carbocycles. The number of nitrogens with zero attached hydrogens (tertiary/aromatic N) is 14. The highest BCUT2D eigenvalue weighted by molar-refractivity contribution is 7.99. The van der Waals surface area contributed by atoms with Gasteiger partial charge in [-0.15, -0.1) is 0 Å². The average molecular weight is 1930 g/mol. The molecule has 0 saturated heterocycles. The largest absolute Gasteiger partial charge is 0.508 e. The molecule has 0 spiro atoms. The molecule has 0 atom stereocenters. The maximum absolute atomic E-state index is 14.8. The molecule has 27 nitrogen and oxygen atoms in total. The molecule has 0 amide bonds. The second-order valence-corrected chi connectivity index (χ2v) is 32.2. The topological polar surface area (TPSA) is 393 Å². The number of alkyl halides is 3. The third kappa shape index (κ3) is 26.2. The van der Waals surface area contributed by atoms with E-state index in [1.807, 2.05) is 134 Å². The maximum Gasteiger partial charge on any atom is 0.433 e. The van der Waals surface area contributed by atoms with E-state index in [1.54, 1.807) is 146 Å². The maximum atomic E-state index is 14.8. The van der Waals surface area contributed by atoms with Gasteiger partial charge in [-0.1, -0.05) is 137 Å². The van der Waals surface area contributed by atoms with Crippen LogP contribution in [-0.4, -0.2) is 74.9 Å². The smallest absolute Gasteiger partial charge is 0.433 e. The highest BCUT2D eigenvalue weighted by Crippen LogP contribution is 2.43. The minimum Gasteiger partial charge on any atom is -0.508 e. The molecule has 0 bridgehead atoms. The van der Waals surface area contributed by atoms with Crippen molar-refractivity contribution in [1.29, 1.82) is 0 Å². The summed E-state index contributed by atoms with van der Waals surface area (Å²) in [5.41, 5.74) is 26.7. The monoisotopic (exact) mass is 1930 g/mol. The van der Waals surface area contributed by atoms with Crippen LogP contribution in [0.3, 0.4) is 0 Å². The van der Waals surface area contributed by atoms with E-state index in [2.05, 4.69) is 96.4 Å². The highest BCUT2D eigenvalue weighted by Gasteiger charge is 2.33. The molecule has 0 radical (unpaired) electrons. The fourth-order valence-corrected chi connectivity index (χ4v) is 15.4. The Balaban J connectivity index is 0.000000129. The van der Waals surface area contributed by atoms with Crippen molar-refractivity contribution in [1.82, 2.24) is 69.8 Å². The number of aromatic hydroxyl groups is 1. The minimum absolute atomic E-state index is 0.0240. The molecule has 0 aliphatic heterocycles. The van der Waals surface area contributed by atoms with Crippen LogP contribution in [0, 0.1) is 24.4 Å². The van der Waals surface area contributed by atoms with Gasteiger partial charge in [-0.25, -0.2) is 43.1 Å². The number of anilines is 14. The van der Waals surface area contributed by atoms with Crippen molar-refractivity contribution in [2.45, 2.75) is 32.7 Å². The van der Waals surface area contributed by atoms with Gasteiger partial charge in [-0.05, 0) is 159 Å². The van der Waals surface area contributed by atoms with Crippen LogP contribution in [0.25, 0.3) is 43.6 Å². The SMILES string of the molecule is Cc1cc(Nc2ccc(Sc3ccc(O)cc3)cc2)nc(N)n1.Fc1cc(Nc2nccc(C(F)(F)F)n2)ccc1Oc1cccc2cnccc12.Nc1nc(Cl)cc(Nc2cc(Cl)c(Sc3ccncc3)c(Cl)c2)n1.Nc1nc(Cl)cc(Nc2ccc(Oc3cccc4cnccc34)c(F)c2)n1.Nc1nc(Nc2ccc(Oc3cccc4cnccc34)c(F)c2)cc(-c2ccccc2)n1. The van der Waals surface area contributed by atoms with Crippen LogP contribution in [-0.2, 0) is 6.18 Å². The molecule has 9 aromatic heterocycles. The van der Waals surface area contributed by atoms with Gasteiger partial charge in [0.1, 0.15) is 62.3 Å². The number of aromatic nitrogens is 14. The first-order valence-electron chi connectivity index (χ1n) is 39.9. The Labute approximate surface area is 793 Å². The fourth-order valence-electron chi connectivity index (χ4n) is 12.6. The number of aryl methyl sites for hydroxylation is 1. The Bertz CT molecular complexity index is 7330. The van der Waals surface area contributed by atoms with E-state index >= 15 is 0 Å². The molecule has 39 heteroatoms. The van der Waals surface area contributed by atoms with E-state index in [-0.39, 0.29) is 68.7 Å². The molecular formula is C96H69Cl4F6N23O4S2. The van der Waals surface area contributed by atoms with Crippen LogP contribution in [0.1, 0.15) is 11.4 Å². The minimum atomic E-state index is -4.60. The first-order valence-corrected chi connectivity index (χ1v) is 43.1. The third-order valence-corrected chi connectivity index (χ3v) is 21.9. The fraction of sp³-hybridized carbons (Fsp3) is 0.0208. The molecule has 0 aliphatic rings. The van der Waals surface area contributed by atoms with Crippen molar-refractivity contribution >= 4 is 184 Å². The lowest BCUT2D eigenvalue weighted by Crippen LogP contribution is -2.10. The summed E-state index contributed by atoms with van der Waals surface area (Å²) >= 11 is 27.5. The standard InChI is InChI=1S/C25H18FN5O.C20H12F4N4O.C19H13ClFN5O.C17H16N4OS.C15H10Cl3N5S/c26-20-13-18(29-24-14-21(30-25(27)31-24)16-5-2-1-3-6-16)9-10-23(20)32-22-8-4-7-17-15-28-12-11-19(17)22;21-15-10-13(27-19-26-9-7-18(28-19)20(22,23)24)4-5-17(15)29-16-3-1-2-12-11-25-8-6-14(12)16;20-17-9-18(26-19(22)25-17)24-12-4-5-16(14(21)8-12)27-15-3-1-2-11-10-23-7-6-13(11)15;1-11-10-16(21-17(18)19-11)20-12-2-6-14(7-3-12)23-15-8-4-13(22)5-9-15;16-10-5-8(21-13-7-12(18)22-15(19)23-13)6-11(17)14(10)24-9-1-3-20-4-2-9/h1-15H,(H3,27,29,30,31);1-11H,(H,26,27,28);1-10H,(H3,22,24,25,26);2-10,22H,1H3,(H3,18,19,20,21);1-7H,(H3,19,21,22,23). The second kappa shape index (κ2) is 43.7. The number of nitrogens with one attached hydrogen (secondary N) is 5. The number of ether oxygens (including phenoxy) is 3. The Kier molecular flexibility index (Phi) is 30.3. The molecular weight excluding hydrogens is 1860 g/mol. The number of phenols is 1. The van der Waals surface area contributed by atoms with Gasteiger partial charge in [-0.3, -0.25) is 19.9 Å². The molecule has 14 N–H and O–H groups in total. The Morgan fingerprint density at radius 1 is 0.348 bits per heavy atom. The van der Waals surface area contributed by atoms with Gasteiger partial charge in [0.2, 0.25) is 29.7 Å². The number of benzene rings is 10. The van der Waals surface area contributed by atoms with Gasteiger partial charge in [0.05, 0.1) is 15.7 Å². The van der Waals surface area contributed by atoms with E-state index in [0.717, 1.165) is 87.2 Å². The molecule has 19 aromatic rings. The molecule has 19 rings (SSSR count). The molecule has 135 heavy (non-hydrogen) atoms. The normalized spacial score (nSPS) is 10.8. The molecule has 0 aliphatic carbocycles. The molecule has 674 valence electrons. The Hall–Kier alpha value is -16.2. The number of nitrogens with two attached hydrogens (primary N) is 4. The number of rotatable bonds is 21. The van der Waals surface area contributed by atoms with E-state index in [1.165, 1.54) is 48.2 Å². The molecule has 9 heterocycles. The van der Waals surface area contributed by atoms with Crippen molar-refractivity contribution in [3.8, 4) is 51.5 Å². The number of fused-ring (bicyclic) bond motifs is 3. The van der Waals surface area contributed by atoms with Gasteiger partial charge >= 0.3 is 6.18 Å². The van der Waals surface area contributed by atoms with Crippen LogP contribution in [0.4, 0.5) is 108 Å². The van der Waals surface area contributed by atoms with Crippen LogP contribution in [0.2, 0.25) is 20.4 Å². The quantitative estimate of drug-likeness (QED) is 0.0236. The van der Waals surface area contributed by atoms with Crippen LogP contribution < -0.4 is 63.7 Å². The van der Waals surface area contributed by atoms with Crippen molar-refractivity contribution in [2.24, 2.45) is 0 Å². The van der Waals surface area contributed by atoms with Crippen molar-refractivity contribution in [3.63, 3.8) is 0 Å². The number of hydrogen-bond donors (Lipinski definition) is 10. The number of pyridine rings is 4. The van der Waals surface area contributed by atoms with Gasteiger partial charge in [0.15, 0.2) is 34.7 Å². The third-order valence-electron chi connectivity index (χ3n) is 18.6. The molecule has 0 fully saturated rings. The summed E-state index contributed by atoms with van der Waals surface area (Å²) in [6.45, 7) is 1.88. The van der Waals surface area contributed by atoms with Crippen molar-refractivity contribution in [3.05, 3.63) is 366 Å². The lowest BCUT2D eigenvalue weighted by molar-refractivity contribution is -0.141. The summed E-state index contributed by atoms with van der Waals surface area (Å²) in [4.78, 5) is 59.5. The molecule has 0 unspecified atom stereocenters. The summed E-state index contributed by atoms with van der Waals surface area (Å²) < 4.78 is 99.4. The first-order chi connectivity index (χ1) is 65.2. The number of hydrogen-bond acceptors (Lipinski definition) is 29. The Morgan fingerprint density at radius 2 is 0.756 bits per heavy atom. The van der Waals surface area contributed by atoms with Crippen LogP contribution in [0.15, 0.2) is 336 Å². The van der Waals surface area contributed by atoms with Gasteiger partial charge in [0, 0.05) is 190 Å². The highest BCUT2D eigenvalue weighted by atomic mass is 35.5. The number of halogens is 10. The molecule has 0 saturated carbocycles. The first kappa shape index (κ1) is 93.5. The number of phenolic OH excluding ortho intramolecular Hbond substituents is 1. The van der Waals surface area contributed by atoms with Crippen molar-refractivity contribution < 1.29 is 45.7 Å². The van der Waals surface area contributed by atoms with E-state index in [9.17, 15) is 31.4 Å². The lowest BCUT2D eigenvalue weighted by atomic mass is 10.1. The zero-order valence-corrected chi connectivity index (χ0v) is 74.5. The van der Waals surface area contributed by atoms with E-state index in [0.29, 0.717) is 73.3 Å². The predicted molar refractivity (Wildman–Crippen MR) is 518 cm³/mol. The lowest BCUT2D eigenvalue weighted by Gasteiger charge is -2.12. The van der Waals surface area contributed by atoms with Crippen LogP contribution >= 0.6 is 69.9 Å². The summed E-state index contributed by atoms with van der Waals surface area (Å²) in [7, 11) is 0. The summed E-state index contributed by atoms with van der Waals surface area (Å²) in [6, 6.07) is 74.3. The van der Waals surface area contributed by atoms with Gasteiger partial charge in [-0.2, -0.15) is 33.1 Å². The zero-order valence-electron chi connectivity index (χ0n) is 69.9. The average Bonchev–Trinajstić information content (AvgIpc) is 0.815. The summed E-state index contributed by atoms with van der Waals surface area (Å²) in [5, 5.41) is 30.7. The summed E-state index contributed by atoms with van der Waals surface area (Å²) in [6.07, 6.45) is 9.87. The van der Waals surface area contributed by atoms with Crippen molar-refractivity contribution in [2.75, 3.05) is 49.5 Å². The van der Waals surface area contributed by atoms with Gasteiger partial charge < -0.3 is 68.8 Å². The van der Waals surface area contributed by atoms with E-state index in [4.69, 9.17) is 83.5 Å². The summed E-state index contributed by atoms with van der Waals surface area (Å²) in [5.74, 6) is 2.41. The second-order valence-electron chi connectivity index (χ2n) is 28.3. The number of nitrogen functional groups attached to an aromatic ring is 4.